The molecular weight excluding hydrogens is 318 g/mol. The molecule has 20 heavy (non-hydrogen) atoms. The van der Waals surface area contributed by atoms with Crippen molar-refractivity contribution in [1.82, 2.24) is 19.5 Å². The summed E-state index contributed by atoms with van der Waals surface area (Å²) in [7, 11) is 0. The summed E-state index contributed by atoms with van der Waals surface area (Å²) in [4.78, 5) is 12.6. The van der Waals surface area contributed by atoms with E-state index in [-0.39, 0.29) is 5.95 Å². The van der Waals surface area contributed by atoms with Crippen molar-refractivity contribution >= 4 is 32.8 Å². The molecule has 102 valence electrons. The normalized spacial score (nSPS) is 11.1. The van der Waals surface area contributed by atoms with Gasteiger partial charge in [-0.15, -0.1) is 0 Å². The summed E-state index contributed by atoms with van der Waals surface area (Å²) < 4.78 is 3.00. The number of aryl methyl sites for hydroxylation is 1. The van der Waals surface area contributed by atoms with Crippen LogP contribution in [0.2, 0.25) is 0 Å². The standard InChI is InChI=1S/C14H14BrN5/c1-2-5-20-8-10(11-3-4-17-14(16)19-11)9-6-13(15)18-7-12(9)20/h3-4,6-8H,2,5H2,1H3,(H2,16,17,19). The zero-order valence-corrected chi connectivity index (χ0v) is 12.6. The van der Waals surface area contributed by atoms with Crippen molar-refractivity contribution in [1.29, 1.82) is 0 Å². The van der Waals surface area contributed by atoms with E-state index in [2.05, 4.69) is 48.6 Å². The van der Waals surface area contributed by atoms with E-state index in [0.717, 1.165) is 39.7 Å². The van der Waals surface area contributed by atoms with E-state index in [4.69, 9.17) is 5.73 Å². The van der Waals surface area contributed by atoms with E-state index in [1.54, 1.807) is 6.20 Å². The van der Waals surface area contributed by atoms with Gasteiger partial charge in [-0.05, 0) is 34.5 Å². The first kappa shape index (κ1) is 13.1. The number of pyridine rings is 1. The van der Waals surface area contributed by atoms with Gasteiger partial charge in [0.05, 0.1) is 17.4 Å². The molecule has 0 aromatic carbocycles. The summed E-state index contributed by atoms with van der Waals surface area (Å²) >= 11 is 3.42. The first-order valence-corrected chi connectivity index (χ1v) is 7.21. The third-order valence-electron chi connectivity index (χ3n) is 3.15. The molecule has 0 spiro atoms. The lowest BCUT2D eigenvalue weighted by Gasteiger charge is -2.01. The second-order valence-corrected chi connectivity index (χ2v) is 5.37. The first-order chi connectivity index (χ1) is 9.69. The molecule has 0 aliphatic heterocycles. The monoisotopic (exact) mass is 331 g/mol. The average molecular weight is 332 g/mol. The van der Waals surface area contributed by atoms with Gasteiger partial charge in [0.25, 0.3) is 0 Å². The molecule has 3 aromatic rings. The molecule has 0 aliphatic carbocycles. The molecule has 6 heteroatoms. The summed E-state index contributed by atoms with van der Waals surface area (Å²) in [5.74, 6) is 0.284. The highest BCUT2D eigenvalue weighted by Crippen LogP contribution is 2.30. The van der Waals surface area contributed by atoms with Crippen LogP contribution in [-0.2, 0) is 6.54 Å². The topological polar surface area (TPSA) is 69.6 Å². The fraction of sp³-hybridized carbons (Fsp3) is 0.214. The van der Waals surface area contributed by atoms with Crippen LogP contribution in [0.1, 0.15) is 13.3 Å². The highest BCUT2D eigenvalue weighted by Gasteiger charge is 2.12. The molecule has 0 saturated carbocycles. The van der Waals surface area contributed by atoms with Gasteiger partial charge >= 0.3 is 0 Å². The number of rotatable bonds is 3. The average Bonchev–Trinajstić information content (AvgIpc) is 2.77. The largest absolute Gasteiger partial charge is 0.368 e. The molecule has 3 aromatic heterocycles. The summed E-state index contributed by atoms with van der Waals surface area (Å²) in [6.45, 7) is 3.10. The predicted molar refractivity (Wildman–Crippen MR) is 83.2 cm³/mol. The van der Waals surface area contributed by atoms with E-state index < -0.39 is 0 Å². The summed E-state index contributed by atoms with van der Waals surface area (Å²) in [6.07, 6.45) is 6.72. The predicted octanol–water partition coefficient (Wildman–Crippen LogP) is 3.25. The molecule has 0 fully saturated rings. The molecule has 3 rings (SSSR count). The van der Waals surface area contributed by atoms with Gasteiger partial charge in [-0.2, -0.15) is 0 Å². The van der Waals surface area contributed by atoms with Gasteiger partial charge in [-0.1, -0.05) is 6.92 Å². The molecule has 0 amide bonds. The van der Waals surface area contributed by atoms with Crippen LogP contribution in [0.5, 0.6) is 0 Å². The van der Waals surface area contributed by atoms with Crippen molar-refractivity contribution < 1.29 is 0 Å². The molecule has 0 saturated heterocycles. The number of nitrogens with two attached hydrogens (primary N) is 1. The van der Waals surface area contributed by atoms with Gasteiger partial charge in [-0.25, -0.2) is 15.0 Å². The number of hydrogen-bond donors (Lipinski definition) is 1. The number of anilines is 1. The zero-order valence-electron chi connectivity index (χ0n) is 11.0. The SMILES string of the molecule is CCCn1cc(-c2ccnc(N)n2)c2cc(Br)ncc21. The zero-order chi connectivity index (χ0) is 14.1. The molecule has 2 N–H and O–H groups in total. The fourth-order valence-corrected chi connectivity index (χ4v) is 2.65. The lowest BCUT2D eigenvalue weighted by molar-refractivity contribution is 0.703. The Labute approximate surface area is 125 Å². The summed E-state index contributed by atoms with van der Waals surface area (Å²) in [5.41, 5.74) is 8.66. The minimum Gasteiger partial charge on any atom is -0.368 e. The number of fused-ring (bicyclic) bond motifs is 1. The quantitative estimate of drug-likeness (QED) is 0.748. The van der Waals surface area contributed by atoms with Crippen LogP contribution in [0, 0.1) is 0 Å². The van der Waals surface area contributed by atoms with Crippen LogP contribution in [0.25, 0.3) is 22.2 Å². The van der Waals surface area contributed by atoms with E-state index in [1.807, 2.05) is 18.3 Å². The van der Waals surface area contributed by atoms with Crippen molar-refractivity contribution in [2.75, 3.05) is 5.73 Å². The van der Waals surface area contributed by atoms with E-state index in [0.29, 0.717) is 0 Å². The van der Waals surface area contributed by atoms with Gasteiger partial charge in [-0.3, -0.25) is 0 Å². The van der Waals surface area contributed by atoms with Crippen molar-refractivity contribution in [3.8, 4) is 11.3 Å². The Kier molecular flexibility index (Phi) is 3.40. The van der Waals surface area contributed by atoms with Crippen molar-refractivity contribution in [2.24, 2.45) is 0 Å². The van der Waals surface area contributed by atoms with Gasteiger partial charge in [0.2, 0.25) is 5.95 Å². The smallest absolute Gasteiger partial charge is 0.220 e. The van der Waals surface area contributed by atoms with Gasteiger partial charge in [0.15, 0.2) is 0 Å². The van der Waals surface area contributed by atoms with Crippen LogP contribution in [-0.4, -0.2) is 19.5 Å². The second kappa shape index (κ2) is 5.20. The lowest BCUT2D eigenvalue weighted by Crippen LogP contribution is -1.95. The number of halogens is 1. The number of aromatic nitrogens is 4. The molecule has 0 unspecified atom stereocenters. The van der Waals surface area contributed by atoms with Gasteiger partial charge in [0, 0.05) is 29.9 Å². The highest BCUT2D eigenvalue weighted by molar-refractivity contribution is 9.10. The second-order valence-electron chi connectivity index (χ2n) is 4.56. The van der Waals surface area contributed by atoms with Crippen LogP contribution < -0.4 is 5.73 Å². The molecular formula is C14H14BrN5. The van der Waals surface area contributed by atoms with Gasteiger partial charge < -0.3 is 10.3 Å². The Hall–Kier alpha value is -1.95. The molecule has 5 nitrogen and oxygen atoms in total. The third kappa shape index (κ3) is 2.27. The number of nitrogens with zero attached hydrogens (tertiary/aromatic N) is 4. The van der Waals surface area contributed by atoms with Crippen LogP contribution in [0.15, 0.2) is 35.3 Å². The molecule has 0 atom stereocenters. The lowest BCUT2D eigenvalue weighted by atomic mass is 10.1. The van der Waals surface area contributed by atoms with Crippen molar-refractivity contribution in [3.63, 3.8) is 0 Å². The van der Waals surface area contributed by atoms with Crippen molar-refractivity contribution in [2.45, 2.75) is 19.9 Å². The minimum absolute atomic E-state index is 0.284. The Morgan fingerprint density at radius 2 is 2.20 bits per heavy atom. The minimum atomic E-state index is 0.284. The van der Waals surface area contributed by atoms with E-state index in [9.17, 15) is 0 Å². The maximum Gasteiger partial charge on any atom is 0.220 e. The Bertz CT molecular complexity index is 765. The first-order valence-electron chi connectivity index (χ1n) is 6.42. The molecule has 3 heterocycles. The van der Waals surface area contributed by atoms with E-state index in [1.165, 1.54) is 0 Å². The Balaban J connectivity index is 2.26. The maximum absolute atomic E-state index is 5.68. The summed E-state index contributed by atoms with van der Waals surface area (Å²) in [5, 5.41) is 1.11. The highest BCUT2D eigenvalue weighted by atomic mass is 79.9. The van der Waals surface area contributed by atoms with Crippen molar-refractivity contribution in [3.05, 3.63) is 35.3 Å². The van der Waals surface area contributed by atoms with Crippen LogP contribution in [0.3, 0.4) is 0 Å². The molecule has 0 bridgehead atoms. The van der Waals surface area contributed by atoms with Crippen LogP contribution >= 0.6 is 15.9 Å². The van der Waals surface area contributed by atoms with E-state index >= 15 is 0 Å². The third-order valence-corrected chi connectivity index (χ3v) is 3.58. The Morgan fingerprint density at radius 3 is 2.95 bits per heavy atom. The molecule has 0 aliphatic rings. The molecule has 0 radical (unpaired) electrons. The number of hydrogen-bond acceptors (Lipinski definition) is 4. The number of nitrogen functional groups attached to an aromatic ring is 1. The van der Waals surface area contributed by atoms with Crippen LogP contribution in [0.4, 0.5) is 5.95 Å². The summed E-state index contributed by atoms with van der Waals surface area (Å²) in [6, 6.07) is 3.88. The van der Waals surface area contributed by atoms with Gasteiger partial charge in [0.1, 0.15) is 4.60 Å². The fourth-order valence-electron chi connectivity index (χ4n) is 2.32. The Morgan fingerprint density at radius 1 is 1.35 bits per heavy atom. The maximum atomic E-state index is 5.68.